The summed E-state index contributed by atoms with van der Waals surface area (Å²) in [7, 11) is 0. The summed E-state index contributed by atoms with van der Waals surface area (Å²) in [6.45, 7) is 0.529. The first-order chi connectivity index (χ1) is 14.2. The summed E-state index contributed by atoms with van der Waals surface area (Å²) in [4.78, 5) is 17.0. The van der Waals surface area contributed by atoms with Gasteiger partial charge in [0.15, 0.2) is 0 Å². The Labute approximate surface area is 182 Å². The van der Waals surface area contributed by atoms with Crippen LogP contribution in [0, 0.1) is 5.82 Å². The van der Waals surface area contributed by atoms with E-state index in [0.717, 1.165) is 16.3 Å². The molecule has 1 aliphatic rings. The van der Waals surface area contributed by atoms with Gasteiger partial charge < -0.3 is 5.32 Å². The molecule has 0 spiro atoms. The van der Waals surface area contributed by atoms with Gasteiger partial charge in [-0.3, -0.25) is 4.79 Å². The van der Waals surface area contributed by atoms with Crippen molar-refractivity contribution in [2.24, 2.45) is 0 Å². The van der Waals surface area contributed by atoms with Crippen LogP contribution in [0.25, 0.3) is 10.6 Å². The molecule has 1 fully saturated rings. The number of nitrogens with zero attached hydrogens (tertiary/aromatic N) is 1. The maximum atomic E-state index is 13.0. The zero-order valence-corrected chi connectivity index (χ0v) is 18.2. The molecule has 3 nitrogen and oxygen atoms in total. The van der Waals surface area contributed by atoms with E-state index in [0.29, 0.717) is 23.1 Å². The summed E-state index contributed by atoms with van der Waals surface area (Å²) >= 11 is 5.49. The quantitative estimate of drug-likeness (QED) is 0.522. The third-order valence-corrected chi connectivity index (χ3v) is 8.54. The van der Waals surface area contributed by atoms with E-state index in [2.05, 4.69) is 22.4 Å². The van der Waals surface area contributed by atoms with Crippen molar-refractivity contribution in [2.75, 3.05) is 18.1 Å². The number of rotatable bonds is 6. The molecule has 1 saturated heterocycles. The summed E-state index contributed by atoms with van der Waals surface area (Å²) in [5, 5.41) is 5.82. The second-order valence-corrected chi connectivity index (χ2v) is 10.3. The highest BCUT2D eigenvalue weighted by Crippen LogP contribution is 2.43. The van der Waals surface area contributed by atoms with Crippen LogP contribution in [-0.2, 0) is 6.42 Å². The van der Waals surface area contributed by atoms with Gasteiger partial charge in [0.2, 0.25) is 0 Å². The first kappa shape index (κ1) is 20.4. The Hall–Kier alpha value is -1.83. The zero-order valence-electron chi connectivity index (χ0n) is 15.8. The number of thioether (sulfide) groups is 2. The minimum Gasteiger partial charge on any atom is -0.352 e. The highest BCUT2D eigenvalue weighted by atomic mass is 32.2. The Balaban J connectivity index is 1.28. The predicted molar refractivity (Wildman–Crippen MR) is 122 cm³/mol. The first-order valence-electron chi connectivity index (χ1n) is 9.51. The highest BCUT2D eigenvalue weighted by molar-refractivity contribution is 8.16. The van der Waals surface area contributed by atoms with Gasteiger partial charge >= 0.3 is 0 Å². The maximum absolute atomic E-state index is 13.0. The standard InChI is InChI=1S/C22H21FN2OS3/c23-18-8-6-16(7-9-18)21-25-19(14-29-21)10-11-24-20(26)15-2-4-17(5-3-15)22-27-12-1-13-28-22/h2-9,14,22H,1,10-13H2,(H,24,26). The summed E-state index contributed by atoms with van der Waals surface area (Å²) in [6.07, 6.45) is 1.94. The molecule has 4 rings (SSSR count). The van der Waals surface area contributed by atoms with Crippen molar-refractivity contribution >= 4 is 40.8 Å². The van der Waals surface area contributed by atoms with Gasteiger partial charge in [0.25, 0.3) is 5.91 Å². The van der Waals surface area contributed by atoms with Crippen LogP contribution in [0.5, 0.6) is 0 Å². The fraction of sp³-hybridized carbons (Fsp3) is 0.273. The van der Waals surface area contributed by atoms with E-state index in [-0.39, 0.29) is 11.7 Å². The van der Waals surface area contributed by atoms with E-state index in [1.165, 1.54) is 47.0 Å². The molecule has 0 aliphatic carbocycles. The summed E-state index contributed by atoms with van der Waals surface area (Å²) in [5.74, 6) is 2.10. The second-order valence-electron chi connectivity index (χ2n) is 6.71. The third kappa shape index (κ3) is 5.41. The Morgan fingerprint density at radius 2 is 1.79 bits per heavy atom. The molecule has 2 heterocycles. The van der Waals surface area contributed by atoms with Gasteiger partial charge in [-0.05, 0) is 59.9 Å². The lowest BCUT2D eigenvalue weighted by molar-refractivity contribution is 0.0954. The number of thiazole rings is 1. The summed E-state index contributed by atoms with van der Waals surface area (Å²) in [5.41, 5.74) is 3.80. The normalized spacial score (nSPS) is 14.7. The van der Waals surface area contributed by atoms with E-state index in [1.807, 2.05) is 41.0 Å². The molecule has 2 aromatic carbocycles. The Kier molecular flexibility index (Phi) is 6.90. The number of carbonyl (C=O) groups excluding carboxylic acids is 1. The van der Waals surface area contributed by atoms with Crippen molar-refractivity contribution < 1.29 is 9.18 Å². The SMILES string of the molecule is O=C(NCCc1csc(-c2ccc(F)cc2)n1)c1ccc(C2SCCCS2)cc1. The fourth-order valence-electron chi connectivity index (χ4n) is 3.02. The van der Waals surface area contributed by atoms with Gasteiger partial charge in [-0.15, -0.1) is 34.9 Å². The van der Waals surface area contributed by atoms with Gasteiger partial charge in [-0.1, -0.05) is 12.1 Å². The number of amides is 1. The van der Waals surface area contributed by atoms with Crippen molar-refractivity contribution in [1.29, 1.82) is 0 Å². The number of nitrogens with one attached hydrogen (secondary N) is 1. The monoisotopic (exact) mass is 444 g/mol. The Morgan fingerprint density at radius 1 is 1.07 bits per heavy atom. The van der Waals surface area contributed by atoms with Crippen molar-refractivity contribution in [3.8, 4) is 10.6 Å². The average molecular weight is 445 g/mol. The van der Waals surface area contributed by atoms with Crippen LogP contribution in [0.2, 0.25) is 0 Å². The van der Waals surface area contributed by atoms with Crippen molar-refractivity contribution in [1.82, 2.24) is 10.3 Å². The predicted octanol–water partition coefficient (Wildman–Crippen LogP) is 5.79. The number of hydrogen-bond acceptors (Lipinski definition) is 5. The minimum atomic E-state index is -0.252. The lowest BCUT2D eigenvalue weighted by Gasteiger charge is -2.21. The molecule has 1 aromatic heterocycles. The number of carbonyl (C=O) groups is 1. The van der Waals surface area contributed by atoms with Gasteiger partial charge in [0.05, 0.1) is 10.3 Å². The molecular weight excluding hydrogens is 423 g/mol. The van der Waals surface area contributed by atoms with Crippen LogP contribution in [0.4, 0.5) is 4.39 Å². The molecule has 29 heavy (non-hydrogen) atoms. The number of benzene rings is 2. The molecule has 0 saturated carbocycles. The topological polar surface area (TPSA) is 42.0 Å². The highest BCUT2D eigenvalue weighted by Gasteiger charge is 2.17. The average Bonchev–Trinajstić information content (AvgIpc) is 3.24. The molecular formula is C22H21FN2OS3. The smallest absolute Gasteiger partial charge is 0.251 e. The molecule has 0 unspecified atom stereocenters. The van der Waals surface area contributed by atoms with E-state index in [9.17, 15) is 9.18 Å². The van der Waals surface area contributed by atoms with Crippen LogP contribution in [0.15, 0.2) is 53.9 Å². The molecule has 0 atom stereocenters. The van der Waals surface area contributed by atoms with E-state index >= 15 is 0 Å². The van der Waals surface area contributed by atoms with Gasteiger partial charge in [-0.25, -0.2) is 9.37 Å². The van der Waals surface area contributed by atoms with Crippen LogP contribution < -0.4 is 5.32 Å². The largest absolute Gasteiger partial charge is 0.352 e. The lowest BCUT2D eigenvalue weighted by atomic mass is 10.1. The van der Waals surface area contributed by atoms with Crippen molar-refractivity contribution in [3.63, 3.8) is 0 Å². The first-order valence-corrected chi connectivity index (χ1v) is 12.5. The van der Waals surface area contributed by atoms with E-state index in [1.54, 1.807) is 12.1 Å². The maximum Gasteiger partial charge on any atom is 0.251 e. The minimum absolute atomic E-state index is 0.0607. The van der Waals surface area contributed by atoms with Gasteiger partial charge in [0.1, 0.15) is 10.8 Å². The van der Waals surface area contributed by atoms with Gasteiger partial charge in [-0.2, -0.15) is 0 Å². The van der Waals surface area contributed by atoms with Crippen LogP contribution in [0.3, 0.4) is 0 Å². The molecule has 0 bridgehead atoms. The number of halogens is 1. The summed E-state index contributed by atoms with van der Waals surface area (Å²) < 4.78 is 13.5. The van der Waals surface area contributed by atoms with Crippen molar-refractivity contribution in [3.05, 3.63) is 76.5 Å². The molecule has 0 radical (unpaired) electrons. The van der Waals surface area contributed by atoms with Gasteiger partial charge in [0, 0.05) is 29.5 Å². The second kappa shape index (κ2) is 9.78. The molecule has 150 valence electrons. The number of aromatic nitrogens is 1. The third-order valence-electron chi connectivity index (χ3n) is 4.58. The van der Waals surface area contributed by atoms with Crippen molar-refractivity contribution in [2.45, 2.75) is 17.4 Å². The lowest BCUT2D eigenvalue weighted by Crippen LogP contribution is -2.25. The van der Waals surface area contributed by atoms with E-state index in [4.69, 9.17) is 0 Å². The molecule has 7 heteroatoms. The Bertz CT molecular complexity index is 951. The molecule has 1 amide bonds. The van der Waals surface area contributed by atoms with Crippen LogP contribution in [-0.4, -0.2) is 28.9 Å². The molecule has 3 aromatic rings. The zero-order chi connectivity index (χ0) is 20.1. The van der Waals surface area contributed by atoms with Crippen LogP contribution >= 0.6 is 34.9 Å². The fourth-order valence-corrected chi connectivity index (χ4v) is 6.78. The molecule has 1 N–H and O–H groups in total. The number of hydrogen-bond donors (Lipinski definition) is 1. The Morgan fingerprint density at radius 3 is 2.52 bits per heavy atom. The van der Waals surface area contributed by atoms with Crippen LogP contribution in [0.1, 0.15) is 32.6 Å². The summed E-state index contributed by atoms with van der Waals surface area (Å²) in [6, 6.07) is 14.3. The molecule has 1 aliphatic heterocycles. The van der Waals surface area contributed by atoms with E-state index < -0.39 is 0 Å².